The molecule has 0 unspecified atom stereocenters. The molecule has 2 rings (SSSR count). The van der Waals surface area contributed by atoms with E-state index in [4.69, 9.17) is 21.7 Å². The number of rotatable bonds is 4. The number of sulfonamides is 1. The molecular formula is C13H17NO4S2. The summed E-state index contributed by atoms with van der Waals surface area (Å²) in [4.78, 5) is 0.298. The van der Waals surface area contributed by atoms with E-state index in [-0.39, 0.29) is 0 Å². The zero-order valence-corrected chi connectivity index (χ0v) is 12.9. The van der Waals surface area contributed by atoms with Crippen LogP contribution < -0.4 is 0 Å². The van der Waals surface area contributed by atoms with Gasteiger partial charge < -0.3 is 9.47 Å². The maximum Gasteiger partial charge on any atom is 0.243 e. The van der Waals surface area contributed by atoms with Crippen LogP contribution in [-0.2, 0) is 25.9 Å². The summed E-state index contributed by atoms with van der Waals surface area (Å²) in [5, 5.41) is 0.480. The molecule has 0 spiro atoms. The number of morpholine rings is 1. The fourth-order valence-corrected chi connectivity index (χ4v) is 3.53. The number of nitrogens with zero attached hydrogens (tertiary/aromatic N) is 1. The molecule has 1 fully saturated rings. The summed E-state index contributed by atoms with van der Waals surface area (Å²) < 4.78 is 36.4. The van der Waals surface area contributed by atoms with Crippen molar-refractivity contribution in [3.63, 3.8) is 0 Å². The molecule has 20 heavy (non-hydrogen) atoms. The minimum absolute atomic E-state index is 0.298. The third kappa shape index (κ3) is 3.54. The smallest absolute Gasteiger partial charge is 0.243 e. The molecular weight excluding hydrogens is 298 g/mol. The van der Waals surface area contributed by atoms with E-state index in [0.717, 1.165) is 5.56 Å². The quantitative estimate of drug-likeness (QED) is 0.782. The Labute approximate surface area is 124 Å². The first-order valence-electron chi connectivity index (χ1n) is 6.27. The van der Waals surface area contributed by atoms with Gasteiger partial charge in [-0.25, -0.2) is 8.42 Å². The van der Waals surface area contributed by atoms with Crippen LogP contribution in [0.25, 0.3) is 0 Å². The topological polar surface area (TPSA) is 55.8 Å². The number of methoxy groups -OCH3 is 1. The third-order valence-corrected chi connectivity index (χ3v) is 5.33. The number of ether oxygens (including phenoxy) is 2. The van der Waals surface area contributed by atoms with Crippen molar-refractivity contribution in [1.29, 1.82) is 0 Å². The van der Waals surface area contributed by atoms with Crippen LogP contribution in [0.5, 0.6) is 0 Å². The van der Waals surface area contributed by atoms with Gasteiger partial charge in [0.25, 0.3) is 0 Å². The van der Waals surface area contributed by atoms with Crippen LogP contribution in [0.4, 0.5) is 0 Å². The van der Waals surface area contributed by atoms with Crippen molar-refractivity contribution in [2.24, 2.45) is 0 Å². The molecule has 0 amide bonds. The minimum Gasteiger partial charge on any atom is -0.490 e. The third-order valence-electron chi connectivity index (χ3n) is 3.11. The summed E-state index contributed by atoms with van der Waals surface area (Å²) in [5.41, 5.74) is 0.928. The van der Waals surface area contributed by atoms with E-state index in [2.05, 4.69) is 0 Å². The Hall–Kier alpha value is -1.02. The average Bonchev–Trinajstić information content (AvgIpc) is 2.48. The van der Waals surface area contributed by atoms with E-state index in [9.17, 15) is 8.42 Å². The van der Waals surface area contributed by atoms with Gasteiger partial charge in [0.15, 0.2) is 5.05 Å². The van der Waals surface area contributed by atoms with E-state index in [1.165, 1.54) is 11.4 Å². The SMILES string of the molecule is COC(=S)Cc1ccc(S(=O)(=O)N2CCOCC2)cc1. The molecule has 110 valence electrons. The average molecular weight is 315 g/mol. The van der Waals surface area contributed by atoms with Crippen LogP contribution in [0.3, 0.4) is 0 Å². The number of thiocarbonyl (C=S) groups is 1. The van der Waals surface area contributed by atoms with Gasteiger partial charge in [0.05, 0.1) is 25.2 Å². The van der Waals surface area contributed by atoms with Crippen molar-refractivity contribution in [3.05, 3.63) is 29.8 Å². The highest BCUT2D eigenvalue weighted by Crippen LogP contribution is 2.18. The van der Waals surface area contributed by atoms with Gasteiger partial charge in [-0.05, 0) is 29.9 Å². The van der Waals surface area contributed by atoms with Crippen molar-refractivity contribution >= 4 is 27.3 Å². The molecule has 0 saturated carbocycles. The van der Waals surface area contributed by atoms with Crippen molar-refractivity contribution in [2.45, 2.75) is 11.3 Å². The first kappa shape index (κ1) is 15.4. The van der Waals surface area contributed by atoms with E-state index >= 15 is 0 Å². The molecule has 5 nitrogen and oxygen atoms in total. The summed E-state index contributed by atoms with van der Waals surface area (Å²) in [6.45, 7) is 1.69. The van der Waals surface area contributed by atoms with Crippen molar-refractivity contribution in [2.75, 3.05) is 33.4 Å². The van der Waals surface area contributed by atoms with Gasteiger partial charge in [-0.3, -0.25) is 0 Å². The van der Waals surface area contributed by atoms with Gasteiger partial charge in [0, 0.05) is 19.5 Å². The van der Waals surface area contributed by atoms with Crippen LogP contribution in [0.1, 0.15) is 5.56 Å². The van der Waals surface area contributed by atoms with E-state index in [1.807, 2.05) is 0 Å². The second-order valence-electron chi connectivity index (χ2n) is 4.41. The molecule has 1 aromatic rings. The second-order valence-corrected chi connectivity index (χ2v) is 6.81. The first-order valence-corrected chi connectivity index (χ1v) is 8.12. The van der Waals surface area contributed by atoms with Crippen LogP contribution in [0.15, 0.2) is 29.2 Å². The summed E-state index contributed by atoms with van der Waals surface area (Å²) in [7, 11) is -1.90. The van der Waals surface area contributed by atoms with Crippen LogP contribution in [-0.4, -0.2) is 51.2 Å². The van der Waals surface area contributed by atoms with Crippen molar-refractivity contribution in [3.8, 4) is 0 Å². The lowest BCUT2D eigenvalue weighted by Crippen LogP contribution is -2.40. The lowest BCUT2D eigenvalue weighted by atomic mass is 10.2. The van der Waals surface area contributed by atoms with Gasteiger partial charge in [0.1, 0.15) is 0 Å². The van der Waals surface area contributed by atoms with E-state index in [1.54, 1.807) is 24.3 Å². The fourth-order valence-electron chi connectivity index (χ4n) is 1.95. The summed E-state index contributed by atoms with van der Waals surface area (Å²) >= 11 is 4.98. The van der Waals surface area contributed by atoms with Gasteiger partial charge in [-0.15, -0.1) is 0 Å². The van der Waals surface area contributed by atoms with Gasteiger partial charge >= 0.3 is 0 Å². The minimum atomic E-state index is -3.42. The Morgan fingerprint density at radius 3 is 2.45 bits per heavy atom. The van der Waals surface area contributed by atoms with E-state index in [0.29, 0.717) is 42.7 Å². The first-order chi connectivity index (χ1) is 9.54. The highest BCUT2D eigenvalue weighted by Gasteiger charge is 2.25. The van der Waals surface area contributed by atoms with Crippen LogP contribution >= 0.6 is 12.2 Å². The predicted molar refractivity (Wildman–Crippen MR) is 79.3 cm³/mol. The fraction of sp³-hybridized carbons (Fsp3) is 0.462. The number of hydrogen-bond donors (Lipinski definition) is 0. The van der Waals surface area contributed by atoms with Gasteiger partial charge in [0.2, 0.25) is 10.0 Å². The molecule has 1 aliphatic heterocycles. The summed E-state index contributed by atoms with van der Waals surface area (Å²) in [6, 6.07) is 6.74. The summed E-state index contributed by atoms with van der Waals surface area (Å²) in [6.07, 6.45) is 0.504. The van der Waals surface area contributed by atoms with Gasteiger partial charge in [-0.2, -0.15) is 4.31 Å². The monoisotopic (exact) mass is 315 g/mol. The molecule has 1 heterocycles. The summed E-state index contributed by atoms with van der Waals surface area (Å²) in [5.74, 6) is 0. The number of benzene rings is 1. The highest BCUT2D eigenvalue weighted by atomic mass is 32.2. The lowest BCUT2D eigenvalue weighted by molar-refractivity contribution is 0.0730. The molecule has 7 heteroatoms. The molecule has 1 aliphatic rings. The normalized spacial score (nSPS) is 16.9. The maximum atomic E-state index is 12.4. The molecule has 0 radical (unpaired) electrons. The highest BCUT2D eigenvalue weighted by molar-refractivity contribution is 7.89. The van der Waals surface area contributed by atoms with Crippen LogP contribution in [0.2, 0.25) is 0 Å². The molecule has 0 aliphatic carbocycles. The standard InChI is InChI=1S/C13H17NO4S2/c1-17-13(19)10-11-2-4-12(5-3-11)20(15,16)14-6-8-18-9-7-14/h2-5H,6-10H2,1H3. The molecule has 1 saturated heterocycles. The number of hydrogen-bond acceptors (Lipinski definition) is 5. The zero-order valence-electron chi connectivity index (χ0n) is 11.2. The Kier molecular flexibility index (Phi) is 5.09. The van der Waals surface area contributed by atoms with Crippen molar-refractivity contribution in [1.82, 2.24) is 4.31 Å². The predicted octanol–water partition coefficient (Wildman–Crippen LogP) is 1.22. The zero-order chi connectivity index (χ0) is 14.6. The Balaban J connectivity index is 2.14. The van der Waals surface area contributed by atoms with Crippen LogP contribution in [0, 0.1) is 0 Å². The van der Waals surface area contributed by atoms with E-state index < -0.39 is 10.0 Å². The molecule has 0 N–H and O–H groups in total. The maximum absolute atomic E-state index is 12.4. The Morgan fingerprint density at radius 1 is 1.30 bits per heavy atom. The Morgan fingerprint density at radius 2 is 1.90 bits per heavy atom. The molecule has 1 aromatic carbocycles. The Bertz CT molecular complexity index is 563. The molecule has 0 atom stereocenters. The lowest BCUT2D eigenvalue weighted by Gasteiger charge is -2.26. The second kappa shape index (κ2) is 6.62. The van der Waals surface area contributed by atoms with Crippen molar-refractivity contribution < 1.29 is 17.9 Å². The van der Waals surface area contributed by atoms with Gasteiger partial charge in [-0.1, -0.05) is 12.1 Å². The largest absolute Gasteiger partial charge is 0.490 e. The molecule has 0 bridgehead atoms. The molecule has 0 aromatic heterocycles.